The lowest BCUT2D eigenvalue weighted by Crippen LogP contribution is -2.07. The molecule has 2 aromatic rings. The van der Waals surface area contributed by atoms with Crippen LogP contribution in [0.4, 0.5) is 0 Å². The Morgan fingerprint density at radius 2 is 2.21 bits per heavy atom. The number of amides is 1. The molecule has 0 bridgehead atoms. The van der Waals surface area contributed by atoms with Crippen molar-refractivity contribution in [2.24, 2.45) is 10.7 Å². The normalized spacial score (nSPS) is 17.4. The van der Waals surface area contributed by atoms with Crippen LogP contribution < -0.4 is 15.2 Å². The van der Waals surface area contributed by atoms with Gasteiger partial charge in [0.15, 0.2) is 11.5 Å². The highest BCUT2D eigenvalue weighted by Crippen LogP contribution is 2.39. The minimum absolute atomic E-state index is 0.0610. The number of aromatic amines is 1. The van der Waals surface area contributed by atoms with Crippen LogP contribution in [-0.2, 0) is 4.79 Å². The van der Waals surface area contributed by atoms with Gasteiger partial charge in [-0.25, -0.2) is 4.98 Å². The number of carbonyl (C=O) groups is 1. The standard InChI is InChI=1S/C21H20N4O3/c1-13(5-4-7-18(22)26)21-24-19(20(25-21)15-6-2-3-10-23-15)14-8-9-16-17(11-14)28-12-27-16/h2-5,8-11,15H,1,6-7,12H2,(H2,22,26)(H,24,25)/b5-4-. The Bertz CT molecular complexity index is 1020. The number of benzene rings is 1. The van der Waals surface area contributed by atoms with Crippen LogP contribution >= 0.6 is 0 Å². The number of aromatic nitrogens is 2. The molecular formula is C21H20N4O3. The summed E-state index contributed by atoms with van der Waals surface area (Å²) in [7, 11) is 0. The number of rotatable bonds is 6. The summed E-state index contributed by atoms with van der Waals surface area (Å²) < 4.78 is 10.9. The smallest absolute Gasteiger partial charge is 0.231 e. The number of nitrogens with two attached hydrogens (primary N) is 1. The van der Waals surface area contributed by atoms with Gasteiger partial charge >= 0.3 is 0 Å². The Balaban J connectivity index is 1.71. The molecule has 7 heteroatoms. The molecule has 1 atom stereocenters. The van der Waals surface area contributed by atoms with Gasteiger partial charge in [-0.2, -0.15) is 0 Å². The van der Waals surface area contributed by atoms with Gasteiger partial charge in [0.05, 0.1) is 17.4 Å². The second-order valence-corrected chi connectivity index (χ2v) is 6.49. The van der Waals surface area contributed by atoms with Gasteiger partial charge in [-0.15, -0.1) is 0 Å². The fourth-order valence-corrected chi connectivity index (χ4v) is 3.12. The summed E-state index contributed by atoms with van der Waals surface area (Å²) in [4.78, 5) is 23.6. The van der Waals surface area contributed by atoms with Crippen molar-refractivity contribution in [2.45, 2.75) is 18.9 Å². The minimum Gasteiger partial charge on any atom is -0.454 e. The van der Waals surface area contributed by atoms with E-state index in [4.69, 9.17) is 20.2 Å². The molecule has 4 rings (SSSR count). The zero-order valence-electron chi connectivity index (χ0n) is 15.2. The lowest BCUT2D eigenvalue weighted by molar-refractivity contribution is -0.117. The maximum atomic E-state index is 10.9. The van der Waals surface area contributed by atoms with Gasteiger partial charge in [0, 0.05) is 23.8 Å². The van der Waals surface area contributed by atoms with Gasteiger partial charge in [-0.05, 0) is 30.7 Å². The van der Waals surface area contributed by atoms with Crippen molar-refractivity contribution in [1.29, 1.82) is 0 Å². The number of aliphatic imine (C=N–C) groups is 1. The molecule has 0 aliphatic carbocycles. The van der Waals surface area contributed by atoms with E-state index in [2.05, 4.69) is 22.6 Å². The van der Waals surface area contributed by atoms with Crippen molar-refractivity contribution in [3.63, 3.8) is 0 Å². The third-order valence-corrected chi connectivity index (χ3v) is 4.50. The van der Waals surface area contributed by atoms with E-state index in [-0.39, 0.29) is 19.3 Å². The summed E-state index contributed by atoms with van der Waals surface area (Å²) in [6.07, 6.45) is 10.1. The third-order valence-electron chi connectivity index (χ3n) is 4.50. The first kappa shape index (κ1) is 17.8. The number of H-pyrrole nitrogens is 1. The molecule has 3 N–H and O–H groups in total. The van der Waals surface area contributed by atoms with Gasteiger partial charge in [-0.3, -0.25) is 9.79 Å². The monoisotopic (exact) mass is 376 g/mol. The van der Waals surface area contributed by atoms with Crippen LogP contribution in [0.25, 0.3) is 16.8 Å². The first-order chi connectivity index (χ1) is 13.6. The highest BCUT2D eigenvalue weighted by molar-refractivity contribution is 5.78. The second kappa shape index (κ2) is 7.56. The summed E-state index contributed by atoms with van der Waals surface area (Å²) >= 11 is 0. The summed E-state index contributed by atoms with van der Waals surface area (Å²) in [5, 5.41) is 0. The van der Waals surface area contributed by atoms with Crippen molar-refractivity contribution >= 4 is 17.7 Å². The first-order valence-electron chi connectivity index (χ1n) is 8.94. The molecule has 0 saturated heterocycles. The summed E-state index contributed by atoms with van der Waals surface area (Å²) in [5.41, 5.74) is 8.43. The number of dihydropyridines is 1. The number of hydrogen-bond acceptors (Lipinski definition) is 5. The van der Waals surface area contributed by atoms with E-state index >= 15 is 0 Å². The highest BCUT2D eigenvalue weighted by atomic mass is 16.7. The zero-order valence-corrected chi connectivity index (χ0v) is 15.2. The number of fused-ring (bicyclic) bond motifs is 1. The number of allylic oxidation sites excluding steroid dienone is 3. The molecule has 1 aromatic heterocycles. The molecule has 3 heterocycles. The largest absolute Gasteiger partial charge is 0.454 e. The van der Waals surface area contributed by atoms with E-state index in [1.54, 1.807) is 18.4 Å². The fraction of sp³-hybridized carbons (Fsp3) is 0.190. The fourth-order valence-electron chi connectivity index (χ4n) is 3.12. The van der Waals surface area contributed by atoms with E-state index in [1.165, 1.54) is 0 Å². The molecule has 2 aliphatic rings. The summed E-state index contributed by atoms with van der Waals surface area (Å²) in [5.74, 6) is 1.64. The van der Waals surface area contributed by atoms with E-state index in [9.17, 15) is 4.79 Å². The van der Waals surface area contributed by atoms with E-state index < -0.39 is 5.91 Å². The Kier molecular flexibility index (Phi) is 4.80. The van der Waals surface area contributed by atoms with Crippen molar-refractivity contribution in [3.8, 4) is 22.8 Å². The number of primary amides is 1. The maximum absolute atomic E-state index is 10.9. The number of imidazole rings is 1. The van der Waals surface area contributed by atoms with Gasteiger partial charge in [0.2, 0.25) is 12.7 Å². The zero-order chi connectivity index (χ0) is 19.5. The second-order valence-electron chi connectivity index (χ2n) is 6.49. The highest BCUT2D eigenvalue weighted by Gasteiger charge is 2.23. The number of hydrogen-bond donors (Lipinski definition) is 2. The quantitative estimate of drug-likeness (QED) is 0.755. The Morgan fingerprint density at radius 1 is 1.36 bits per heavy atom. The van der Waals surface area contributed by atoms with Gasteiger partial charge in [0.25, 0.3) is 0 Å². The number of nitrogens with zero attached hydrogens (tertiary/aromatic N) is 2. The van der Waals surface area contributed by atoms with E-state index in [0.29, 0.717) is 17.1 Å². The summed E-state index contributed by atoms with van der Waals surface area (Å²) in [6, 6.07) is 5.68. The van der Waals surface area contributed by atoms with Crippen LogP contribution in [0.2, 0.25) is 0 Å². The maximum Gasteiger partial charge on any atom is 0.231 e. The number of nitrogens with one attached hydrogen (secondary N) is 1. The lowest BCUT2D eigenvalue weighted by atomic mass is 10.0. The molecule has 0 radical (unpaired) electrons. The Morgan fingerprint density at radius 3 is 3.00 bits per heavy atom. The topological polar surface area (TPSA) is 103 Å². The molecule has 28 heavy (non-hydrogen) atoms. The van der Waals surface area contributed by atoms with Crippen LogP contribution in [0, 0.1) is 0 Å². The number of ether oxygens (including phenoxy) is 2. The minimum atomic E-state index is -0.395. The molecule has 142 valence electrons. The molecule has 0 fully saturated rings. The molecule has 7 nitrogen and oxygen atoms in total. The lowest BCUT2D eigenvalue weighted by Gasteiger charge is -2.13. The SMILES string of the molecule is C=C(/C=C\CC(N)=O)c1nc(-c2ccc3c(c2)OCO3)c(C2CC=CC=N2)[nH]1. The molecule has 1 aromatic carbocycles. The van der Waals surface area contributed by atoms with Gasteiger partial charge in [0.1, 0.15) is 5.82 Å². The predicted octanol–water partition coefficient (Wildman–Crippen LogP) is 3.32. The Labute approximate surface area is 162 Å². The molecule has 0 spiro atoms. The summed E-state index contributed by atoms with van der Waals surface area (Å²) in [6.45, 7) is 4.26. The predicted molar refractivity (Wildman–Crippen MR) is 107 cm³/mol. The van der Waals surface area contributed by atoms with Crippen molar-refractivity contribution in [3.05, 3.63) is 60.6 Å². The van der Waals surface area contributed by atoms with Gasteiger partial charge < -0.3 is 20.2 Å². The molecule has 1 unspecified atom stereocenters. The van der Waals surface area contributed by atoms with E-state index in [0.717, 1.165) is 29.1 Å². The van der Waals surface area contributed by atoms with Crippen molar-refractivity contribution in [2.75, 3.05) is 6.79 Å². The average molecular weight is 376 g/mol. The molecule has 2 aliphatic heterocycles. The third kappa shape index (κ3) is 3.59. The van der Waals surface area contributed by atoms with Crippen LogP contribution in [0.1, 0.15) is 30.4 Å². The van der Waals surface area contributed by atoms with Crippen molar-refractivity contribution < 1.29 is 14.3 Å². The van der Waals surface area contributed by atoms with Crippen LogP contribution in [-0.4, -0.2) is 28.9 Å². The molecule has 1 amide bonds. The first-order valence-corrected chi connectivity index (χ1v) is 8.94. The average Bonchev–Trinajstić information content (AvgIpc) is 3.35. The van der Waals surface area contributed by atoms with Crippen LogP contribution in [0.5, 0.6) is 11.5 Å². The molecular weight excluding hydrogens is 356 g/mol. The number of carbonyl (C=O) groups excluding carboxylic acids is 1. The molecule has 0 saturated carbocycles. The Hall–Kier alpha value is -3.61. The van der Waals surface area contributed by atoms with Crippen LogP contribution in [0.15, 0.2) is 54.1 Å². The van der Waals surface area contributed by atoms with Crippen LogP contribution in [0.3, 0.4) is 0 Å². The van der Waals surface area contributed by atoms with Gasteiger partial charge in [-0.1, -0.05) is 24.8 Å². The van der Waals surface area contributed by atoms with Crippen molar-refractivity contribution in [1.82, 2.24) is 9.97 Å². The van der Waals surface area contributed by atoms with E-state index in [1.807, 2.05) is 24.3 Å².